The monoisotopic (exact) mass is 367 g/mol. The van der Waals surface area contributed by atoms with E-state index in [1.807, 2.05) is 38.1 Å². The Hall–Kier alpha value is -1.36. The van der Waals surface area contributed by atoms with Gasteiger partial charge in [-0.2, -0.15) is 0 Å². The molecule has 0 radical (unpaired) electrons. The van der Waals surface area contributed by atoms with E-state index < -0.39 is 5.41 Å². The lowest BCUT2D eigenvalue weighted by molar-refractivity contribution is -0.147. The molecule has 22 heavy (non-hydrogen) atoms. The highest BCUT2D eigenvalue weighted by atomic mass is 79.9. The highest BCUT2D eigenvalue weighted by Gasteiger charge is 2.45. The van der Waals surface area contributed by atoms with Gasteiger partial charge in [-0.3, -0.25) is 9.59 Å². The molecule has 0 heterocycles. The van der Waals surface area contributed by atoms with Crippen molar-refractivity contribution < 1.29 is 14.3 Å². The Morgan fingerprint density at radius 3 is 2.41 bits per heavy atom. The molecule has 0 bridgehead atoms. The van der Waals surface area contributed by atoms with Crippen molar-refractivity contribution >= 4 is 27.8 Å². The molecule has 0 unspecified atom stereocenters. The van der Waals surface area contributed by atoms with Crippen LogP contribution in [0.5, 0.6) is 0 Å². The van der Waals surface area contributed by atoms with Gasteiger partial charge in [-0.1, -0.05) is 34.5 Å². The number of benzene rings is 1. The van der Waals surface area contributed by atoms with Crippen LogP contribution >= 0.6 is 15.9 Å². The first-order chi connectivity index (χ1) is 10.4. The number of esters is 1. The van der Waals surface area contributed by atoms with Crippen molar-refractivity contribution in [3.8, 4) is 0 Å². The normalized spacial score (nSPS) is 16.0. The Balaban J connectivity index is 1.92. The molecule has 1 aliphatic rings. The zero-order valence-electron chi connectivity index (χ0n) is 13.0. The summed E-state index contributed by atoms with van der Waals surface area (Å²) in [5.74, 6) is -0.264. The van der Waals surface area contributed by atoms with E-state index in [0.717, 1.165) is 29.3 Å². The lowest BCUT2D eigenvalue weighted by Gasteiger charge is -2.40. The van der Waals surface area contributed by atoms with Crippen molar-refractivity contribution in [2.75, 3.05) is 6.54 Å². The predicted molar refractivity (Wildman–Crippen MR) is 88.5 cm³/mol. The minimum Gasteiger partial charge on any atom is -0.463 e. The Labute approximate surface area is 139 Å². The van der Waals surface area contributed by atoms with Crippen molar-refractivity contribution in [2.45, 2.75) is 51.0 Å². The van der Waals surface area contributed by atoms with E-state index in [1.165, 1.54) is 0 Å². The van der Waals surface area contributed by atoms with Crippen LogP contribution in [0.4, 0.5) is 0 Å². The molecule has 1 aromatic rings. The maximum atomic E-state index is 12.6. The summed E-state index contributed by atoms with van der Waals surface area (Å²) < 4.78 is 6.06. The second kappa shape index (κ2) is 7.27. The van der Waals surface area contributed by atoms with Crippen molar-refractivity contribution in [1.82, 2.24) is 5.32 Å². The third kappa shape index (κ3) is 3.88. The van der Waals surface area contributed by atoms with Gasteiger partial charge in [0.05, 0.1) is 17.9 Å². The number of amides is 1. The molecular weight excluding hydrogens is 346 g/mol. The minimum atomic E-state index is -0.428. The Kier molecular flexibility index (Phi) is 5.62. The van der Waals surface area contributed by atoms with Gasteiger partial charge < -0.3 is 10.1 Å². The topological polar surface area (TPSA) is 55.4 Å². The van der Waals surface area contributed by atoms with E-state index in [4.69, 9.17) is 4.74 Å². The van der Waals surface area contributed by atoms with Crippen LogP contribution in [-0.4, -0.2) is 24.5 Å². The van der Waals surface area contributed by atoms with Gasteiger partial charge in [0.15, 0.2) is 0 Å². The Bertz CT molecular complexity index is 535. The first-order valence-electron chi connectivity index (χ1n) is 7.68. The molecule has 1 aliphatic carbocycles. The second-order valence-corrected chi connectivity index (χ2v) is 6.90. The van der Waals surface area contributed by atoms with Crippen LogP contribution in [-0.2, 0) is 19.7 Å². The van der Waals surface area contributed by atoms with Gasteiger partial charge in [-0.25, -0.2) is 0 Å². The van der Waals surface area contributed by atoms with Crippen LogP contribution in [0.2, 0.25) is 0 Å². The molecule has 120 valence electrons. The number of carbonyl (C=O) groups is 2. The molecule has 0 aromatic heterocycles. The summed E-state index contributed by atoms with van der Waals surface area (Å²) in [5.41, 5.74) is 0.618. The lowest BCUT2D eigenvalue weighted by Crippen LogP contribution is -2.49. The first kappa shape index (κ1) is 17.0. The SMILES string of the molecule is CC(C)OC(=O)CCNC(=O)C1(c2ccc(Br)cc2)CCC1. The van der Waals surface area contributed by atoms with Crippen LogP contribution in [0, 0.1) is 0 Å². The van der Waals surface area contributed by atoms with Gasteiger partial charge in [-0.05, 0) is 44.4 Å². The van der Waals surface area contributed by atoms with E-state index in [2.05, 4.69) is 21.2 Å². The summed E-state index contributed by atoms with van der Waals surface area (Å²) in [7, 11) is 0. The third-order valence-electron chi connectivity index (χ3n) is 4.02. The largest absolute Gasteiger partial charge is 0.463 e. The van der Waals surface area contributed by atoms with E-state index in [9.17, 15) is 9.59 Å². The fourth-order valence-corrected chi connectivity index (χ4v) is 2.98. The maximum Gasteiger partial charge on any atom is 0.307 e. The van der Waals surface area contributed by atoms with E-state index in [1.54, 1.807) is 0 Å². The van der Waals surface area contributed by atoms with Gasteiger partial charge in [0.25, 0.3) is 0 Å². The highest BCUT2D eigenvalue weighted by molar-refractivity contribution is 9.10. The van der Waals surface area contributed by atoms with Crippen molar-refractivity contribution in [3.05, 3.63) is 34.3 Å². The van der Waals surface area contributed by atoms with Crippen LogP contribution in [0.3, 0.4) is 0 Å². The number of nitrogens with one attached hydrogen (secondary N) is 1. The average molecular weight is 368 g/mol. The minimum absolute atomic E-state index is 0.0124. The molecule has 1 saturated carbocycles. The number of hydrogen-bond acceptors (Lipinski definition) is 3. The first-order valence-corrected chi connectivity index (χ1v) is 8.47. The molecule has 0 aliphatic heterocycles. The summed E-state index contributed by atoms with van der Waals surface area (Å²) in [5, 5.41) is 2.89. The summed E-state index contributed by atoms with van der Waals surface area (Å²) in [6.07, 6.45) is 2.86. The molecule has 0 saturated heterocycles. The van der Waals surface area contributed by atoms with Gasteiger partial charge >= 0.3 is 5.97 Å². The molecule has 1 aromatic carbocycles. The molecule has 0 spiro atoms. The number of halogens is 1. The maximum absolute atomic E-state index is 12.6. The number of rotatable bonds is 6. The third-order valence-corrected chi connectivity index (χ3v) is 4.55. The second-order valence-electron chi connectivity index (χ2n) is 5.99. The molecule has 1 amide bonds. The molecule has 2 rings (SSSR count). The van der Waals surface area contributed by atoms with Gasteiger partial charge in [0.2, 0.25) is 5.91 Å². The fraction of sp³-hybridized carbons (Fsp3) is 0.529. The highest BCUT2D eigenvalue weighted by Crippen LogP contribution is 2.44. The van der Waals surface area contributed by atoms with Crippen LogP contribution < -0.4 is 5.32 Å². The lowest BCUT2D eigenvalue weighted by atomic mass is 9.64. The summed E-state index contributed by atoms with van der Waals surface area (Å²) in [6, 6.07) is 7.91. The number of ether oxygens (including phenoxy) is 1. The quantitative estimate of drug-likeness (QED) is 0.784. The van der Waals surface area contributed by atoms with E-state index in [0.29, 0.717) is 6.54 Å². The van der Waals surface area contributed by atoms with Crippen molar-refractivity contribution in [1.29, 1.82) is 0 Å². The van der Waals surface area contributed by atoms with E-state index in [-0.39, 0.29) is 24.4 Å². The Morgan fingerprint density at radius 1 is 1.27 bits per heavy atom. The van der Waals surface area contributed by atoms with Crippen LogP contribution in [0.15, 0.2) is 28.7 Å². The summed E-state index contributed by atoms with van der Waals surface area (Å²) >= 11 is 3.41. The molecule has 1 fully saturated rings. The molecule has 1 N–H and O–H groups in total. The fourth-order valence-electron chi connectivity index (χ4n) is 2.72. The molecule has 0 atom stereocenters. The van der Waals surface area contributed by atoms with Crippen molar-refractivity contribution in [3.63, 3.8) is 0 Å². The zero-order chi connectivity index (χ0) is 16.2. The average Bonchev–Trinajstić information content (AvgIpc) is 2.38. The number of carbonyl (C=O) groups excluding carboxylic acids is 2. The van der Waals surface area contributed by atoms with Crippen LogP contribution in [0.25, 0.3) is 0 Å². The van der Waals surface area contributed by atoms with E-state index >= 15 is 0 Å². The standard InChI is InChI=1S/C17H22BrNO3/c1-12(2)22-15(20)8-11-19-16(21)17(9-3-10-17)13-4-6-14(18)7-5-13/h4-7,12H,3,8-11H2,1-2H3,(H,19,21). The summed E-state index contributed by atoms with van der Waals surface area (Å²) in [6.45, 7) is 3.95. The van der Waals surface area contributed by atoms with Gasteiger partial charge in [0, 0.05) is 11.0 Å². The Morgan fingerprint density at radius 2 is 1.91 bits per heavy atom. The van der Waals surface area contributed by atoms with Gasteiger partial charge in [0.1, 0.15) is 0 Å². The molecular formula is C17H22BrNO3. The van der Waals surface area contributed by atoms with Crippen LogP contribution in [0.1, 0.15) is 45.1 Å². The smallest absolute Gasteiger partial charge is 0.307 e. The molecule has 5 heteroatoms. The number of hydrogen-bond donors (Lipinski definition) is 1. The van der Waals surface area contributed by atoms with Crippen molar-refractivity contribution in [2.24, 2.45) is 0 Å². The predicted octanol–water partition coefficient (Wildman–Crippen LogP) is 3.33. The zero-order valence-corrected chi connectivity index (χ0v) is 14.6. The molecule has 4 nitrogen and oxygen atoms in total. The van der Waals surface area contributed by atoms with Gasteiger partial charge in [-0.15, -0.1) is 0 Å². The summed E-state index contributed by atoms with van der Waals surface area (Å²) in [4.78, 5) is 24.1.